The van der Waals surface area contributed by atoms with Crippen molar-refractivity contribution in [1.82, 2.24) is 39.9 Å². The minimum Gasteiger partial charge on any atom is -0.508 e. The molecule has 0 amide bonds. The molecule has 0 spiro atoms. The van der Waals surface area contributed by atoms with Gasteiger partial charge in [0.05, 0.1) is 78.1 Å². The van der Waals surface area contributed by atoms with E-state index in [1.165, 1.54) is 83.1 Å². The van der Waals surface area contributed by atoms with Gasteiger partial charge in [0.1, 0.15) is 54.4 Å². The number of rotatable bonds is 16. The van der Waals surface area contributed by atoms with Crippen LogP contribution in [0.5, 0.6) is 5.75 Å². The molecule has 0 radical (unpaired) electrons. The quantitative estimate of drug-likeness (QED) is 0.0490. The molecule has 9 aliphatic rings. The number of fused-ring (bicyclic) bond motifs is 5. The molecule has 13 heterocycles. The van der Waals surface area contributed by atoms with Gasteiger partial charge < -0.3 is 51.1 Å². The van der Waals surface area contributed by atoms with Crippen molar-refractivity contribution >= 4 is 119 Å². The van der Waals surface area contributed by atoms with E-state index in [2.05, 4.69) is 101 Å². The Bertz CT molecular complexity index is 6230. The minimum absolute atomic E-state index is 0. The van der Waals surface area contributed by atoms with Crippen molar-refractivity contribution in [3.63, 3.8) is 0 Å². The number of nitrogens with one attached hydrogen (secondary N) is 4. The van der Waals surface area contributed by atoms with Crippen molar-refractivity contribution in [2.24, 2.45) is 10.9 Å². The van der Waals surface area contributed by atoms with Crippen LogP contribution in [0, 0.1) is 41.9 Å². The number of phenolic OH excluding ortho intramolecular Hbond substituents is 1. The predicted octanol–water partition coefficient (Wildman–Crippen LogP) is 17.4. The molecule has 12 aromatic rings. The monoisotopic (exact) mass is 1810 g/mol. The Kier molecular flexibility index (Phi) is 26.9. The zero-order valence-corrected chi connectivity index (χ0v) is 73.0. The van der Waals surface area contributed by atoms with E-state index in [-0.39, 0.29) is 36.5 Å². The molecule has 32 heteroatoms. The lowest BCUT2D eigenvalue weighted by Crippen LogP contribution is -2.43. The Hall–Kier alpha value is -11.8. The van der Waals surface area contributed by atoms with Crippen LogP contribution < -0.4 is 40.9 Å². The minimum atomic E-state index is -1.22. The van der Waals surface area contributed by atoms with Crippen LogP contribution in [-0.2, 0) is 81.0 Å². The summed E-state index contributed by atoms with van der Waals surface area (Å²) in [5, 5.41) is 33.6. The van der Waals surface area contributed by atoms with E-state index in [0.29, 0.717) is 193 Å². The molecule has 662 valence electrons. The SMILES string of the molecule is C.Cc1cc(F)cc(C2(O)CCN(c3nc4c(c(Nc5cccc(F)c5)n3)S(=O)CC4)CC2)c1.O=S1CCc2nc(N3CCC(C4=NCc5ccccc54)CC3)nc(Nc3cccc(F)c3)c21.O=S1CCc2nc(N3CCC(c4cccc(O)c4)CC3)nc(Nc3cccc(F)c3)c21.O=S1CCc2nc(N3CCC(c4ccccc4)CC3)nc(Nc3cccc(F)c3)c21. The van der Waals surface area contributed by atoms with E-state index in [4.69, 9.17) is 34.9 Å². The standard InChI is InChI=1S/C25H24FN5OS.C24H24F2N4O2S.C23H23FN4O2S.C23H23FN4OS.CH4/c26-18-5-3-6-19(14-18)28-24-23-21(10-13-33(23)32)29-25(30-24)31-11-8-16(9-12-31)22-20-7-2-1-4-17(20)15-27-22;1-15-11-16(13-18(26)12-15)24(31)6-8-30(9-7-24)23-28-20-5-10-33(32)21(20)22(29-23)27-19-4-2-3-17(25)14-19;24-17-4-2-5-18(14-17)25-22-21-20(9-12-31(21)30)26-23(27-22)28-10-7-15(8-11-28)16-3-1-6-19(29)13-16;24-18-7-4-8-19(15-18)25-22-21-20(11-14-30(21)29)26-23(27-22)28-12-9-17(10-13-28)16-5-2-1-3-6-16;/h1-7,14,16H,8-13,15H2,(H,28,29,30);2-4,11-14,31H,5-10H2,1H3,(H,27,28,29);1-6,13-15,29H,7-12H2,(H,25,26,27);1-8,15,17H,9-14H2,(H,25,26,27);1H4. The maximum absolute atomic E-state index is 13.9. The van der Waals surface area contributed by atoms with Crippen LogP contribution in [0.4, 0.5) is 91.8 Å². The molecule has 8 aromatic carbocycles. The molecule has 21 rings (SSSR count). The Morgan fingerprint density at radius 2 is 0.727 bits per heavy atom. The topological polar surface area (TPSA) is 285 Å². The lowest BCUT2D eigenvalue weighted by Gasteiger charge is -2.38. The number of aromatic hydroxyl groups is 1. The number of anilines is 12. The molecule has 4 unspecified atom stereocenters. The number of phenols is 1. The Morgan fingerprint density at radius 3 is 1.11 bits per heavy atom. The van der Waals surface area contributed by atoms with Crippen LogP contribution in [0.1, 0.15) is 127 Å². The maximum atomic E-state index is 13.9. The van der Waals surface area contributed by atoms with Crippen LogP contribution in [-0.4, -0.2) is 148 Å². The fourth-order valence-electron chi connectivity index (χ4n) is 18.0. The molecule has 6 N–H and O–H groups in total. The van der Waals surface area contributed by atoms with Crippen LogP contribution in [0.15, 0.2) is 219 Å². The molecular weight excluding hydrogens is 1710 g/mol. The first kappa shape index (κ1) is 88.2. The van der Waals surface area contributed by atoms with E-state index >= 15 is 0 Å². The van der Waals surface area contributed by atoms with Crippen LogP contribution in [0.25, 0.3) is 0 Å². The number of aliphatic imine (C=N–C) groups is 1. The van der Waals surface area contributed by atoms with Gasteiger partial charge in [0.2, 0.25) is 23.8 Å². The third kappa shape index (κ3) is 20.0. The number of aryl methyl sites for hydroxylation is 5. The first-order valence-corrected chi connectivity index (χ1v) is 48.2. The van der Waals surface area contributed by atoms with E-state index in [9.17, 15) is 49.0 Å². The third-order valence-corrected chi connectivity index (χ3v) is 30.4. The molecule has 128 heavy (non-hydrogen) atoms. The van der Waals surface area contributed by atoms with Crippen molar-refractivity contribution < 1.29 is 49.0 Å². The third-order valence-electron chi connectivity index (χ3n) is 24.6. The summed E-state index contributed by atoms with van der Waals surface area (Å²) in [6.45, 7) is 8.57. The number of piperidine rings is 4. The van der Waals surface area contributed by atoms with E-state index in [1.54, 1.807) is 61.5 Å². The average molecular weight is 1810 g/mol. The molecule has 0 bridgehead atoms. The fourth-order valence-corrected chi connectivity index (χ4v) is 23.2. The van der Waals surface area contributed by atoms with Gasteiger partial charge in [-0.25, -0.2) is 41.9 Å². The largest absolute Gasteiger partial charge is 0.508 e. The number of hydrogen-bond donors (Lipinski definition) is 6. The van der Waals surface area contributed by atoms with Gasteiger partial charge in [-0.2, -0.15) is 19.9 Å². The second-order valence-electron chi connectivity index (χ2n) is 33.0. The lowest BCUT2D eigenvalue weighted by atomic mass is 9.84. The number of halogens is 5. The highest BCUT2D eigenvalue weighted by Crippen LogP contribution is 2.42. The molecule has 23 nitrogen and oxygen atoms in total. The molecule has 4 atom stereocenters. The number of aromatic nitrogens is 8. The normalized spacial score (nSPS) is 19.1. The van der Waals surface area contributed by atoms with Crippen molar-refractivity contribution in [2.75, 3.05) is 116 Å². The summed E-state index contributed by atoms with van der Waals surface area (Å²) in [6, 6.07) is 55.9. The number of benzene rings is 8. The van der Waals surface area contributed by atoms with Gasteiger partial charge in [-0.05, 0) is 195 Å². The summed E-state index contributed by atoms with van der Waals surface area (Å²) in [5.41, 5.74) is 12.1. The van der Waals surface area contributed by atoms with Crippen molar-refractivity contribution in [1.29, 1.82) is 0 Å². The molecule has 4 saturated heterocycles. The van der Waals surface area contributed by atoms with Gasteiger partial charge in [0.25, 0.3) is 0 Å². The van der Waals surface area contributed by atoms with Gasteiger partial charge >= 0.3 is 0 Å². The van der Waals surface area contributed by atoms with Crippen LogP contribution in [0.2, 0.25) is 0 Å². The van der Waals surface area contributed by atoms with Crippen LogP contribution >= 0.6 is 0 Å². The van der Waals surface area contributed by atoms with Crippen molar-refractivity contribution in [2.45, 2.75) is 135 Å². The zero-order chi connectivity index (χ0) is 87.4. The summed E-state index contributed by atoms with van der Waals surface area (Å²) >= 11 is 0. The number of aliphatic hydroxyl groups is 1. The first-order valence-electron chi connectivity index (χ1n) is 42.9. The van der Waals surface area contributed by atoms with Crippen molar-refractivity contribution in [3.05, 3.63) is 279 Å². The average Bonchev–Trinajstić information content (AvgIpc) is 1.52. The Labute approximate surface area is 750 Å². The highest BCUT2D eigenvalue weighted by molar-refractivity contribution is 7.86. The summed E-state index contributed by atoms with van der Waals surface area (Å²) in [4.78, 5) is 53.6. The smallest absolute Gasteiger partial charge is 0.227 e. The summed E-state index contributed by atoms with van der Waals surface area (Å²) in [5.74, 6) is 6.42. The van der Waals surface area contributed by atoms with Gasteiger partial charge in [0, 0.05) is 141 Å². The van der Waals surface area contributed by atoms with Crippen LogP contribution in [0.3, 0.4) is 0 Å². The first-order chi connectivity index (χ1) is 61.7. The molecule has 9 aliphatic heterocycles. The lowest BCUT2D eigenvalue weighted by molar-refractivity contribution is 0.0112. The summed E-state index contributed by atoms with van der Waals surface area (Å²) in [7, 11) is -4.65. The summed E-state index contributed by atoms with van der Waals surface area (Å²) < 4.78 is 119. The molecular formula is C96H98F5N17O6S4. The fraction of sp³-hybridized carbons (Fsp3) is 0.323. The highest BCUT2D eigenvalue weighted by atomic mass is 32.2. The number of hydrogen-bond acceptors (Lipinski definition) is 23. The second-order valence-corrected chi connectivity index (χ2v) is 39.0. The molecule has 4 aromatic heterocycles. The molecule has 0 saturated carbocycles. The Balaban J connectivity index is 0.000000120. The molecule has 4 fully saturated rings. The predicted molar refractivity (Wildman–Crippen MR) is 495 cm³/mol. The van der Waals surface area contributed by atoms with E-state index in [1.807, 2.05) is 29.2 Å². The molecule has 0 aliphatic carbocycles. The van der Waals surface area contributed by atoms with Gasteiger partial charge in [-0.15, -0.1) is 0 Å². The number of nitrogens with zero attached hydrogens (tertiary/aromatic N) is 13. The Morgan fingerprint density at radius 1 is 0.375 bits per heavy atom. The van der Waals surface area contributed by atoms with Gasteiger partial charge in [-0.1, -0.05) is 104 Å². The van der Waals surface area contributed by atoms with E-state index in [0.717, 1.165) is 118 Å². The van der Waals surface area contributed by atoms with Gasteiger partial charge in [-0.3, -0.25) is 21.8 Å². The summed E-state index contributed by atoms with van der Waals surface area (Å²) in [6.07, 6.45) is 9.30. The zero-order valence-electron chi connectivity index (χ0n) is 69.7. The maximum Gasteiger partial charge on any atom is 0.227 e. The van der Waals surface area contributed by atoms with E-state index < -0.39 is 48.8 Å². The van der Waals surface area contributed by atoms with Gasteiger partial charge in [0.15, 0.2) is 23.3 Å². The van der Waals surface area contributed by atoms with Crippen molar-refractivity contribution in [3.8, 4) is 5.75 Å². The highest BCUT2D eigenvalue weighted by Gasteiger charge is 2.39. The second kappa shape index (κ2) is 39.0.